The SMILES string of the molecule is CN(Cc1ccccc1)C(=O)[C@@H](Cc1ccc(O)cc1)NC(=O)C1C[C@@H](O)CN1C(=O)c1cn(C)c2ccccc12. The van der Waals surface area contributed by atoms with Crippen molar-refractivity contribution >= 4 is 28.6 Å². The molecule has 4 aromatic rings. The van der Waals surface area contributed by atoms with Crippen molar-refractivity contribution in [3.05, 3.63) is 102 Å². The fraction of sp³-hybridized carbons (Fsp3) is 0.281. The molecule has 0 saturated carbocycles. The summed E-state index contributed by atoms with van der Waals surface area (Å²) < 4.78 is 1.86. The highest BCUT2D eigenvalue weighted by Crippen LogP contribution is 2.26. The second kappa shape index (κ2) is 11.9. The van der Waals surface area contributed by atoms with Crippen LogP contribution in [0.15, 0.2) is 85.1 Å². The summed E-state index contributed by atoms with van der Waals surface area (Å²) in [6.45, 7) is 0.375. The summed E-state index contributed by atoms with van der Waals surface area (Å²) >= 11 is 0. The Bertz CT molecular complexity index is 1550. The molecule has 41 heavy (non-hydrogen) atoms. The molecule has 0 spiro atoms. The number of carbonyl (C=O) groups excluding carboxylic acids is 3. The van der Waals surface area contributed by atoms with Gasteiger partial charge in [0.25, 0.3) is 5.91 Å². The van der Waals surface area contributed by atoms with Crippen LogP contribution in [0.25, 0.3) is 10.9 Å². The number of fused-ring (bicyclic) bond motifs is 1. The van der Waals surface area contributed by atoms with Gasteiger partial charge in [-0.1, -0.05) is 60.7 Å². The lowest BCUT2D eigenvalue weighted by Gasteiger charge is -2.28. The minimum absolute atomic E-state index is 0.0185. The van der Waals surface area contributed by atoms with Gasteiger partial charge < -0.3 is 29.9 Å². The molecular formula is C32H34N4O5. The van der Waals surface area contributed by atoms with E-state index in [2.05, 4.69) is 5.32 Å². The number of hydrogen-bond donors (Lipinski definition) is 3. The predicted octanol–water partition coefficient (Wildman–Crippen LogP) is 2.85. The Balaban J connectivity index is 1.38. The summed E-state index contributed by atoms with van der Waals surface area (Å²) in [5, 5.41) is 23.9. The number of likely N-dealkylation sites (N-methyl/N-ethyl adjacent to an activating group) is 1. The zero-order valence-corrected chi connectivity index (χ0v) is 23.1. The number of aliphatic hydroxyl groups is 1. The lowest BCUT2D eigenvalue weighted by atomic mass is 10.0. The number of nitrogens with one attached hydrogen (secondary N) is 1. The average Bonchev–Trinajstić information content (AvgIpc) is 3.53. The Morgan fingerprint density at radius 3 is 2.39 bits per heavy atom. The summed E-state index contributed by atoms with van der Waals surface area (Å²) in [4.78, 5) is 44.0. The minimum atomic E-state index is -0.939. The fourth-order valence-corrected chi connectivity index (χ4v) is 5.49. The van der Waals surface area contributed by atoms with E-state index in [-0.39, 0.29) is 37.0 Å². The molecule has 212 valence electrons. The van der Waals surface area contributed by atoms with Crippen molar-refractivity contribution in [1.82, 2.24) is 19.7 Å². The number of amides is 3. The number of aryl methyl sites for hydroxylation is 1. The Labute approximate surface area is 238 Å². The van der Waals surface area contributed by atoms with Gasteiger partial charge in [0.1, 0.15) is 17.8 Å². The molecule has 1 aliphatic rings. The third kappa shape index (κ3) is 6.10. The van der Waals surface area contributed by atoms with E-state index in [1.807, 2.05) is 66.2 Å². The molecule has 3 aromatic carbocycles. The lowest BCUT2D eigenvalue weighted by Crippen LogP contribution is -2.54. The molecule has 9 heteroatoms. The average molecular weight is 555 g/mol. The van der Waals surface area contributed by atoms with Crippen molar-refractivity contribution in [2.45, 2.75) is 37.6 Å². The van der Waals surface area contributed by atoms with Crippen molar-refractivity contribution in [3.63, 3.8) is 0 Å². The number of aromatic hydroxyl groups is 1. The zero-order chi connectivity index (χ0) is 29.1. The summed E-state index contributed by atoms with van der Waals surface area (Å²) in [5.74, 6) is -1.04. The molecule has 1 aromatic heterocycles. The topological polar surface area (TPSA) is 115 Å². The number of aromatic nitrogens is 1. The molecule has 3 N–H and O–H groups in total. The summed E-state index contributed by atoms with van der Waals surface area (Å²) in [7, 11) is 3.54. The third-order valence-electron chi connectivity index (χ3n) is 7.60. The second-order valence-corrected chi connectivity index (χ2v) is 10.6. The number of benzene rings is 3. The van der Waals surface area contributed by atoms with Crippen LogP contribution in [0.4, 0.5) is 0 Å². The smallest absolute Gasteiger partial charge is 0.256 e. The van der Waals surface area contributed by atoms with Gasteiger partial charge in [-0.05, 0) is 29.3 Å². The Hall–Kier alpha value is -4.63. The quantitative estimate of drug-likeness (QED) is 0.310. The van der Waals surface area contributed by atoms with Crippen molar-refractivity contribution < 1.29 is 24.6 Å². The molecule has 9 nitrogen and oxygen atoms in total. The monoisotopic (exact) mass is 554 g/mol. The number of phenols is 1. The maximum atomic E-state index is 13.7. The molecule has 1 saturated heterocycles. The number of aliphatic hydroxyl groups excluding tert-OH is 1. The number of hydrogen-bond acceptors (Lipinski definition) is 5. The molecule has 3 atom stereocenters. The number of carbonyl (C=O) groups is 3. The Morgan fingerprint density at radius 1 is 0.976 bits per heavy atom. The third-order valence-corrected chi connectivity index (χ3v) is 7.60. The first-order chi connectivity index (χ1) is 19.7. The molecule has 2 heterocycles. The van der Waals surface area contributed by atoms with Crippen molar-refractivity contribution in [1.29, 1.82) is 0 Å². The number of nitrogens with zero attached hydrogens (tertiary/aromatic N) is 3. The normalized spacial score (nSPS) is 17.4. The van der Waals surface area contributed by atoms with Crippen molar-refractivity contribution in [2.24, 2.45) is 7.05 Å². The maximum Gasteiger partial charge on any atom is 0.256 e. The van der Waals surface area contributed by atoms with Crippen LogP contribution >= 0.6 is 0 Å². The highest BCUT2D eigenvalue weighted by Gasteiger charge is 2.41. The molecule has 0 bridgehead atoms. The minimum Gasteiger partial charge on any atom is -0.508 e. The summed E-state index contributed by atoms with van der Waals surface area (Å²) in [5.41, 5.74) is 3.04. The van der Waals surface area contributed by atoms with Crippen LogP contribution in [-0.2, 0) is 29.6 Å². The first kappa shape index (κ1) is 27.9. The van der Waals surface area contributed by atoms with E-state index in [1.54, 1.807) is 30.3 Å². The highest BCUT2D eigenvalue weighted by atomic mass is 16.3. The van der Waals surface area contributed by atoms with Gasteiger partial charge in [-0.3, -0.25) is 14.4 Å². The van der Waals surface area contributed by atoms with E-state index in [9.17, 15) is 24.6 Å². The standard InChI is InChI=1S/C32H34N4O5/c1-34-20-26(25-10-6-7-11-28(25)34)31(40)36-19-24(38)17-29(36)30(39)33-27(16-21-12-14-23(37)15-13-21)32(41)35(2)18-22-8-4-3-5-9-22/h3-15,20,24,27,29,37-38H,16-19H2,1-2H3,(H,33,39)/t24-,27-,29?/m1/s1. The first-order valence-corrected chi connectivity index (χ1v) is 13.6. The molecule has 5 rings (SSSR count). The molecule has 1 fully saturated rings. The van der Waals surface area contributed by atoms with E-state index in [0.717, 1.165) is 22.0 Å². The largest absolute Gasteiger partial charge is 0.508 e. The van der Waals surface area contributed by atoms with Gasteiger partial charge in [-0.2, -0.15) is 0 Å². The van der Waals surface area contributed by atoms with Gasteiger partial charge in [0.15, 0.2) is 0 Å². The van der Waals surface area contributed by atoms with Gasteiger partial charge in [-0.15, -0.1) is 0 Å². The lowest BCUT2D eigenvalue weighted by molar-refractivity contribution is -0.136. The van der Waals surface area contributed by atoms with Gasteiger partial charge in [-0.25, -0.2) is 0 Å². The Kier molecular flexibility index (Phi) is 8.07. The van der Waals surface area contributed by atoms with Gasteiger partial charge >= 0.3 is 0 Å². The zero-order valence-electron chi connectivity index (χ0n) is 23.1. The van der Waals surface area contributed by atoms with Crippen LogP contribution in [-0.4, -0.2) is 74.1 Å². The highest BCUT2D eigenvalue weighted by molar-refractivity contribution is 6.08. The molecular weight excluding hydrogens is 520 g/mol. The van der Waals surface area contributed by atoms with Crippen LogP contribution in [0, 0.1) is 0 Å². The predicted molar refractivity (Wildman–Crippen MR) is 155 cm³/mol. The van der Waals surface area contributed by atoms with E-state index < -0.39 is 24.1 Å². The number of likely N-dealkylation sites (tertiary alicyclic amines) is 1. The van der Waals surface area contributed by atoms with E-state index in [1.165, 1.54) is 17.0 Å². The van der Waals surface area contributed by atoms with Crippen LogP contribution in [0.2, 0.25) is 0 Å². The Morgan fingerprint density at radius 2 is 1.66 bits per heavy atom. The molecule has 1 aliphatic heterocycles. The second-order valence-electron chi connectivity index (χ2n) is 10.6. The number of phenolic OH excluding ortho intramolecular Hbond substituents is 1. The number of rotatable bonds is 8. The molecule has 3 amide bonds. The van der Waals surface area contributed by atoms with E-state index in [4.69, 9.17) is 0 Å². The molecule has 0 aliphatic carbocycles. The number of β-amino-alcohol motifs (C(OH)–C–C–N with tert-alkyl or cyclic N) is 1. The van der Waals surface area contributed by atoms with Gasteiger partial charge in [0.05, 0.1) is 11.7 Å². The molecule has 1 unspecified atom stereocenters. The van der Waals surface area contributed by atoms with Crippen LogP contribution < -0.4 is 5.32 Å². The van der Waals surface area contributed by atoms with Crippen LogP contribution in [0.1, 0.15) is 27.9 Å². The number of para-hydroxylation sites is 1. The van der Waals surface area contributed by atoms with Gasteiger partial charge in [0, 0.05) is 57.1 Å². The summed E-state index contributed by atoms with van der Waals surface area (Å²) in [6.07, 6.45) is 1.14. The van der Waals surface area contributed by atoms with Crippen LogP contribution in [0.5, 0.6) is 5.75 Å². The van der Waals surface area contributed by atoms with Crippen molar-refractivity contribution in [2.75, 3.05) is 13.6 Å². The summed E-state index contributed by atoms with van der Waals surface area (Å²) in [6, 6.07) is 21.7. The maximum absolute atomic E-state index is 13.7. The molecule has 0 radical (unpaired) electrons. The van der Waals surface area contributed by atoms with E-state index in [0.29, 0.717) is 12.1 Å². The first-order valence-electron chi connectivity index (χ1n) is 13.6. The van der Waals surface area contributed by atoms with E-state index >= 15 is 0 Å². The van der Waals surface area contributed by atoms with Gasteiger partial charge in [0.2, 0.25) is 11.8 Å². The van der Waals surface area contributed by atoms with Crippen molar-refractivity contribution in [3.8, 4) is 5.75 Å². The van der Waals surface area contributed by atoms with Crippen LogP contribution in [0.3, 0.4) is 0 Å². The fourth-order valence-electron chi connectivity index (χ4n) is 5.49.